The average molecular weight is 579 g/mol. The predicted molar refractivity (Wildman–Crippen MR) is 159 cm³/mol. The van der Waals surface area contributed by atoms with Crippen molar-refractivity contribution in [1.82, 2.24) is 4.25 Å². The number of fused-ring (bicyclic) bond motifs is 1. The van der Waals surface area contributed by atoms with Crippen molar-refractivity contribution in [2.45, 2.75) is 52.0 Å². The molecule has 9 nitrogen and oxygen atoms in total. The molecule has 10 heteroatoms. The van der Waals surface area contributed by atoms with Crippen LogP contribution in [-0.4, -0.2) is 28.9 Å². The molecule has 5 N–H and O–H groups in total. The summed E-state index contributed by atoms with van der Waals surface area (Å²) in [4.78, 5) is 38.5. The molecule has 0 spiro atoms. The maximum atomic E-state index is 14.2. The van der Waals surface area contributed by atoms with Crippen molar-refractivity contribution in [3.63, 3.8) is 0 Å². The van der Waals surface area contributed by atoms with Gasteiger partial charge in [-0.15, -0.1) is 4.25 Å². The number of hydrogen-bond donors (Lipinski definition) is 3. The van der Waals surface area contributed by atoms with Gasteiger partial charge in [0.05, 0.1) is 6.61 Å². The van der Waals surface area contributed by atoms with Gasteiger partial charge in [0.15, 0.2) is 5.69 Å². The van der Waals surface area contributed by atoms with Crippen molar-refractivity contribution in [3.8, 4) is 0 Å². The normalized spacial score (nSPS) is 19.1. The summed E-state index contributed by atoms with van der Waals surface area (Å²) in [6.07, 6.45) is 1.65. The Balaban J connectivity index is 1.69. The number of quaternary nitrogens is 1. The Morgan fingerprint density at radius 1 is 0.854 bits per heavy atom. The highest BCUT2D eigenvalue weighted by Crippen LogP contribution is 2.62. The molecule has 1 heterocycles. The summed E-state index contributed by atoms with van der Waals surface area (Å²) in [6, 6.07) is 22.8. The summed E-state index contributed by atoms with van der Waals surface area (Å²) in [5.74, 6) is -1.25. The Labute approximate surface area is 240 Å². The lowest BCUT2D eigenvalue weighted by Gasteiger charge is -2.33. The molecule has 216 valence electrons. The molecular formula is C31H37N3O6P+. The molecule has 0 fully saturated rings. The van der Waals surface area contributed by atoms with Gasteiger partial charge in [-0.25, -0.2) is 9.36 Å². The third kappa shape index (κ3) is 6.73. The minimum absolute atomic E-state index is 0.0317. The van der Waals surface area contributed by atoms with Crippen molar-refractivity contribution in [2.75, 3.05) is 0 Å². The van der Waals surface area contributed by atoms with Crippen LogP contribution in [0.2, 0.25) is 0 Å². The fourth-order valence-corrected chi connectivity index (χ4v) is 6.56. The molecule has 1 aliphatic heterocycles. The van der Waals surface area contributed by atoms with Crippen molar-refractivity contribution in [3.05, 3.63) is 108 Å². The summed E-state index contributed by atoms with van der Waals surface area (Å²) >= 11 is 0. The van der Waals surface area contributed by atoms with Crippen LogP contribution in [0.15, 0.2) is 91.1 Å². The molecule has 41 heavy (non-hydrogen) atoms. The minimum atomic E-state index is -4.81. The number of carbonyl (C=O) groups excluding carboxylic acids is 2. The van der Waals surface area contributed by atoms with Gasteiger partial charge in [0, 0.05) is 23.6 Å². The van der Waals surface area contributed by atoms with E-state index in [4.69, 9.17) is 20.7 Å². The van der Waals surface area contributed by atoms with Gasteiger partial charge in [-0.3, -0.25) is 14.2 Å². The third-order valence-corrected chi connectivity index (χ3v) is 8.74. The second kappa shape index (κ2) is 13.0. The summed E-state index contributed by atoms with van der Waals surface area (Å²) in [5.41, 5.74) is 15.3. The van der Waals surface area contributed by atoms with Gasteiger partial charge in [-0.2, -0.15) is 0 Å². The van der Waals surface area contributed by atoms with Crippen molar-refractivity contribution in [2.24, 2.45) is 17.4 Å². The van der Waals surface area contributed by atoms with Gasteiger partial charge in [0.2, 0.25) is 0 Å². The Kier molecular flexibility index (Phi) is 9.71. The fourth-order valence-electron chi connectivity index (χ4n) is 4.93. The Hall–Kier alpha value is -3.43. The van der Waals surface area contributed by atoms with Gasteiger partial charge >= 0.3 is 19.6 Å². The van der Waals surface area contributed by atoms with E-state index < -0.39 is 36.0 Å². The van der Waals surface area contributed by atoms with E-state index in [0.717, 1.165) is 5.56 Å². The molecule has 0 radical (unpaired) electrons. The largest absolute Gasteiger partial charge is 0.546 e. The lowest BCUT2D eigenvalue weighted by molar-refractivity contribution is -0.146. The molecule has 0 saturated heterocycles. The zero-order valence-corrected chi connectivity index (χ0v) is 24.2. The van der Waals surface area contributed by atoms with Crippen LogP contribution in [-0.2, 0) is 36.6 Å². The Bertz CT molecular complexity index is 1450. The summed E-state index contributed by atoms with van der Waals surface area (Å²) in [5, 5.41) is 0. The number of carbonyl (C=O) groups is 2. The van der Waals surface area contributed by atoms with E-state index in [9.17, 15) is 19.0 Å². The molecule has 4 atom stereocenters. The maximum absolute atomic E-state index is 14.2. The first-order valence-electron chi connectivity index (χ1n) is 13.5. The molecule has 0 aromatic heterocycles. The van der Waals surface area contributed by atoms with Crippen molar-refractivity contribution in [1.29, 1.82) is 0 Å². The number of nitrogens with zero attached hydrogens (tertiary/aromatic N) is 1. The van der Waals surface area contributed by atoms with E-state index in [1.807, 2.05) is 50.2 Å². The number of hydrogen-bond acceptors (Lipinski definition) is 7. The van der Waals surface area contributed by atoms with Crippen LogP contribution in [0.3, 0.4) is 0 Å². The fraction of sp³-hybridized carbons (Fsp3) is 0.290. The zero-order valence-electron chi connectivity index (χ0n) is 23.3. The van der Waals surface area contributed by atoms with Crippen LogP contribution >= 0.6 is 7.75 Å². The van der Waals surface area contributed by atoms with Gasteiger partial charge in [0.25, 0.3) is 0 Å². The van der Waals surface area contributed by atoms with E-state index in [0.29, 0.717) is 23.1 Å². The molecule has 3 aromatic carbocycles. The Morgan fingerprint density at radius 2 is 1.41 bits per heavy atom. The SMILES string of the molecule is CC(C)C[C@H](N)C(=O)[N+]1(P(=O)(O)OCc2ccccc2)C=C(C[C@H](N)C(=O)OCc2ccccc2)c2ccccc21. The Morgan fingerprint density at radius 3 is 2.02 bits per heavy atom. The van der Waals surface area contributed by atoms with Crippen molar-refractivity contribution >= 4 is 30.9 Å². The van der Waals surface area contributed by atoms with Crippen LogP contribution in [0.5, 0.6) is 0 Å². The third-order valence-electron chi connectivity index (χ3n) is 6.95. The number of rotatable bonds is 12. The lowest BCUT2D eigenvalue weighted by Crippen LogP contribution is -2.54. The number of amides is 1. The number of benzene rings is 3. The highest BCUT2D eigenvalue weighted by Gasteiger charge is 2.61. The first-order chi connectivity index (χ1) is 19.5. The van der Waals surface area contributed by atoms with Crippen LogP contribution in [0.25, 0.3) is 5.57 Å². The van der Waals surface area contributed by atoms with Gasteiger partial charge in [-0.1, -0.05) is 86.6 Å². The summed E-state index contributed by atoms with van der Waals surface area (Å²) < 4.78 is 24.1. The summed E-state index contributed by atoms with van der Waals surface area (Å²) in [7, 11) is -4.81. The van der Waals surface area contributed by atoms with Gasteiger partial charge < -0.3 is 16.2 Å². The van der Waals surface area contributed by atoms with Crippen LogP contribution in [0, 0.1) is 5.92 Å². The van der Waals surface area contributed by atoms with Crippen molar-refractivity contribution < 1.29 is 28.3 Å². The van der Waals surface area contributed by atoms with Crippen LogP contribution in [0.4, 0.5) is 5.69 Å². The van der Waals surface area contributed by atoms with Crippen LogP contribution < -0.4 is 15.7 Å². The van der Waals surface area contributed by atoms with E-state index >= 15 is 0 Å². The molecule has 0 aliphatic carbocycles. The van der Waals surface area contributed by atoms with E-state index in [1.165, 1.54) is 6.20 Å². The number of para-hydroxylation sites is 1. The first kappa shape index (κ1) is 30.5. The molecule has 1 amide bonds. The summed E-state index contributed by atoms with van der Waals surface area (Å²) in [6.45, 7) is 3.70. The highest BCUT2D eigenvalue weighted by molar-refractivity contribution is 7.53. The monoisotopic (exact) mass is 578 g/mol. The first-order valence-corrected chi connectivity index (χ1v) is 15.1. The standard InChI is InChI=1S/C31H36N3O6P/c1-22(2)17-27(32)30(35)34(41(37,38)40-21-24-13-7-4-8-14-24)19-25(26-15-9-10-16-29(26)34)18-28(33)31(36)39-20-23-11-5-3-6-12-23/h3-16,19,22,27-28H,17-18,20-21,32-33H2,1-2H3/p+1/t27-,28-,34?/m0/s1. The van der Waals surface area contributed by atoms with Gasteiger partial charge in [-0.05, 0) is 29.5 Å². The highest BCUT2D eigenvalue weighted by atomic mass is 31.2. The molecule has 4 rings (SSSR count). The molecule has 2 unspecified atom stereocenters. The number of esters is 1. The minimum Gasteiger partial charge on any atom is -0.460 e. The van der Waals surface area contributed by atoms with E-state index in [2.05, 4.69) is 0 Å². The lowest BCUT2D eigenvalue weighted by atomic mass is 10.0. The second-order valence-corrected chi connectivity index (χ2v) is 12.5. The predicted octanol–water partition coefficient (Wildman–Crippen LogP) is 5.03. The topological polar surface area (TPSA) is 142 Å². The van der Waals surface area contributed by atoms with Gasteiger partial charge in [0.1, 0.15) is 24.9 Å². The molecule has 0 saturated carbocycles. The smallest absolute Gasteiger partial charge is 0.460 e. The zero-order chi connectivity index (χ0) is 29.6. The van der Waals surface area contributed by atoms with Crippen LogP contribution in [0.1, 0.15) is 43.4 Å². The maximum Gasteiger partial charge on any atom is 0.546 e. The quantitative estimate of drug-likeness (QED) is 0.201. The number of ether oxygens (including phenoxy) is 1. The molecular weight excluding hydrogens is 541 g/mol. The molecule has 3 aromatic rings. The van der Waals surface area contributed by atoms with E-state index in [1.54, 1.807) is 48.5 Å². The average Bonchev–Trinajstić information content (AvgIpc) is 3.30. The molecule has 0 bridgehead atoms. The second-order valence-electron chi connectivity index (χ2n) is 10.6. The molecule has 1 aliphatic rings. The van der Waals surface area contributed by atoms with E-state index in [-0.39, 0.29) is 31.2 Å². The number of nitrogens with two attached hydrogens (primary N) is 2.